The number of nitriles is 1. The Bertz CT molecular complexity index is 378. The van der Waals surface area contributed by atoms with Gasteiger partial charge in [0, 0.05) is 23.2 Å². The van der Waals surface area contributed by atoms with Crippen molar-refractivity contribution in [1.29, 1.82) is 5.26 Å². The average Bonchev–Trinajstić information content (AvgIpc) is 2.21. The van der Waals surface area contributed by atoms with Gasteiger partial charge < -0.3 is 0 Å². The molecule has 0 aromatic heterocycles. The van der Waals surface area contributed by atoms with Crippen molar-refractivity contribution in [3.05, 3.63) is 34.6 Å². The molecule has 0 spiro atoms. The Kier molecular flexibility index (Phi) is 4.72. The third kappa shape index (κ3) is 3.19. The van der Waals surface area contributed by atoms with E-state index in [1.807, 2.05) is 18.7 Å². The Labute approximate surface area is 100 Å². The molecule has 2 nitrogen and oxygen atoms in total. The fourth-order valence-corrected chi connectivity index (χ4v) is 1.62. The highest BCUT2D eigenvalue weighted by Crippen LogP contribution is 2.21. The maximum absolute atomic E-state index is 13.5. The Morgan fingerprint density at radius 2 is 2.19 bits per heavy atom. The van der Waals surface area contributed by atoms with E-state index in [-0.39, 0.29) is 18.4 Å². The van der Waals surface area contributed by atoms with Crippen molar-refractivity contribution in [2.75, 3.05) is 6.54 Å². The summed E-state index contributed by atoms with van der Waals surface area (Å²) in [5.74, 6) is -0.323. The minimum Gasteiger partial charge on any atom is -0.284 e. The quantitative estimate of drug-likeness (QED) is 0.756. The van der Waals surface area contributed by atoms with E-state index >= 15 is 0 Å². The lowest BCUT2D eigenvalue weighted by molar-refractivity contribution is 0.237. The fraction of sp³-hybridized carbons (Fsp3) is 0.417. The Morgan fingerprint density at radius 3 is 2.69 bits per heavy atom. The molecule has 0 atom stereocenters. The summed E-state index contributed by atoms with van der Waals surface area (Å²) in [5, 5.41) is 9.09. The van der Waals surface area contributed by atoms with Crippen LogP contribution in [-0.2, 0) is 6.54 Å². The minimum atomic E-state index is -0.323. The van der Waals surface area contributed by atoms with Crippen molar-refractivity contribution >= 4 is 11.6 Å². The number of hydrogen-bond donors (Lipinski definition) is 0. The van der Waals surface area contributed by atoms with Crippen LogP contribution < -0.4 is 0 Å². The molecule has 4 heteroatoms. The predicted octanol–water partition coefficient (Wildman–Crippen LogP) is 3.21. The van der Waals surface area contributed by atoms with Crippen molar-refractivity contribution in [3.8, 4) is 6.07 Å². The molecule has 0 saturated carbocycles. The van der Waals surface area contributed by atoms with E-state index < -0.39 is 0 Å². The van der Waals surface area contributed by atoms with Gasteiger partial charge in [0.25, 0.3) is 0 Å². The van der Waals surface area contributed by atoms with E-state index in [0.29, 0.717) is 17.1 Å². The summed E-state index contributed by atoms with van der Waals surface area (Å²) in [5.41, 5.74) is 0.452. The standard InChI is InChI=1S/C12H14ClFN2/c1-9(2)16(7-6-15)8-10-11(13)4-3-5-12(10)14/h3-5,9H,7-8H2,1-2H3. The van der Waals surface area contributed by atoms with Crippen LogP contribution in [0.15, 0.2) is 18.2 Å². The summed E-state index contributed by atoms with van der Waals surface area (Å²) < 4.78 is 13.5. The van der Waals surface area contributed by atoms with E-state index in [1.54, 1.807) is 12.1 Å². The molecule has 0 heterocycles. The topological polar surface area (TPSA) is 27.0 Å². The Balaban J connectivity index is 2.90. The van der Waals surface area contributed by atoms with E-state index in [9.17, 15) is 4.39 Å². The molecule has 1 rings (SSSR count). The highest BCUT2D eigenvalue weighted by molar-refractivity contribution is 6.31. The summed E-state index contributed by atoms with van der Waals surface area (Å²) in [6.45, 7) is 4.55. The molecule has 0 bridgehead atoms. The first-order valence-corrected chi connectivity index (χ1v) is 5.48. The van der Waals surface area contributed by atoms with Crippen LogP contribution >= 0.6 is 11.6 Å². The van der Waals surface area contributed by atoms with Gasteiger partial charge in [-0.15, -0.1) is 0 Å². The van der Waals surface area contributed by atoms with E-state index in [4.69, 9.17) is 16.9 Å². The molecule has 0 unspecified atom stereocenters. The van der Waals surface area contributed by atoms with Gasteiger partial charge in [0.1, 0.15) is 5.82 Å². The molecule has 0 N–H and O–H groups in total. The van der Waals surface area contributed by atoms with Crippen LogP contribution in [-0.4, -0.2) is 17.5 Å². The number of nitrogens with zero attached hydrogens (tertiary/aromatic N) is 2. The van der Waals surface area contributed by atoms with E-state index in [1.165, 1.54) is 6.07 Å². The van der Waals surface area contributed by atoms with Crippen molar-refractivity contribution in [1.82, 2.24) is 4.90 Å². The molecule has 1 aromatic carbocycles. The Hall–Kier alpha value is -1.11. The van der Waals surface area contributed by atoms with E-state index in [2.05, 4.69) is 6.07 Å². The zero-order valence-electron chi connectivity index (χ0n) is 9.37. The van der Waals surface area contributed by atoms with Crippen molar-refractivity contribution < 1.29 is 4.39 Å². The molecule has 0 aliphatic carbocycles. The second-order valence-corrected chi connectivity index (χ2v) is 4.26. The van der Waals surface area contributed by atoms with Gasteiger partial charge in [-0.25, -0.2) is 4.39 Å². The van der Waals surface area contributed by atoms with Crippen molar-refractivity contribution in [2.45, 2.75) is 26.4 Å². The maximum Gasteiger partial charge on any atom is 0.129 e. The molecule has 0 fully saturated rings. The van der Waals surface area contributed by atoms with Crippen LogP contribution in [0.3, 0.4) is 0 Å². The fourth-order valence-electron chi connectivity index (χ4n) is 1.40. The number of halogens is 2. The van der Waals surface area contributed by atoms with E-state index in [0.717, 1.165) is 0 Å². The first kappa shape index (κ1) is 13.0. The zero-order valence-corrected chi connectivity index (χ0v) is 10.1. The van der Waals surface area contributed by atoms with Gasteiger partial charge in [0.15, 0.2) is 0 Å². The largest absolute Gasteiger partial charge is 0.284 e. The highest BCUT2D eigenvalue weighted by atomic mass is 35.5. The number of hydrogen-bond acceptors (Lipinski definition) is 2. The third-order valence-electron chi connectivity index (χ3n) is 2.43. The minimum absolute atomic E-state index is 0.176. The second-order valence-electron chi connectivity index (χ2n) is 3.86. The average molecular weight is 241 g/mol. The predicted molar refractivity (Wildman–Crippen MR) is 62.6 cm³/mol. The summed E-state index contributed by atoms with van der Waals surface area (Å²) in [7, 11) is 0. The SMILES string of the molecule is CC(C)N(CC#N)Cc1c(F)cccc1Cl. The van der Waals surface area contributed by atoms with Gasteiger partial charge in [-0.2, -0.15) is 5.26 Å². The summed E-state index contributed by atoms with van der Waals surface area (Å²) >= 11 is 5.93. The Morgan fingerprint density at radius 1 is 1.50 bits per heavy atom. The van der Waals surface area contributed by atoms with Crippen LogP contribution in [0.25, 0.3) is 0 Å². The lowest BCUT2D eigenvalue weighted by atomic mass is 10.1. The van der Waals surface area contributed by atoms with Gasteiger partial charge in [-0.3, -0.25) is 4.90 Å². The maximum atomic E-state index is 13.5. The highest BCUT2D eigenvalue weighted by Gasteiger charge is 2.14. The molecule has 1 aromatic rings. The molecule has 0 radical (unpaired) electrons. The lowest BCUT2D eigenvalue weighted by Crippen LogP contribution is -2.31. The second kappa shape index (κ2) is 5.83. The monoisotopic (exact) mass is 240 g/mol. The first-order chi connectivity index (χ1) is 7.56. The normalized spacial score (nSPS) is 10.8. The first-order valence-electron chi connectivity index (χ1n) is 5.10. The molecular formula is C12H14ClFN2. The molecular weight excluding hydrogens is 227 g/mol. The molecule has 0 amide bonds. The van der Waals surface area contributed by atoms with Crippen LogP contribution in [0.4, 0.5) is 4.39 Å². The van der Waals surface area contributed by atoms with Gasteiger partial charge in [0.2, 0.25) is 0 Å². The molecule has 0 aliphatic heterocycles. The van der Waals surface area contributed by atoms with Gasteiger partial charge in [-0.05, 0) is 26.0 Å². The smallest absolute Gasteiger partial charge is 0.129 e. The van der Waals surface area contributed by atoms with Gasteiger partial charge in [0.05, 0.1) is 12.6 Å². The summed E-state index contributed by atoms with van der Waals surface area (Å²) in [4.78, 5) is 1.87. The number of benzene rings is 1. The van der Waals surface area contributed by atoms with Gasteiger partial charge >= 0.3 is 0 Å². The zero-order chi connectivity index (χ0) is 12.1. The van der Waals surface area contributed by atoms with Crippen LogP contribution in [0.1, 0.15) is 19.4 Å². The van der Waals surface area contributed by atoms with Crippen LogP contribution in [0.2, 0.25) is 5.02 Å². The molecule has 86 valence electrons. The summed E-state index contributed by atoms with van der Waals surface area (Å²) in [6, 6.07) is 6.86. The molecule has 0 aliphatic rings. The number of rotatable bonds is 4. The third-order valence-corrected chi connectivity index (χ3v) is 2.78. The van der Waals surface area contributed by atoms with Crippen LogP contribution in [0.5, 0.6) is 0 Å². The van der Waals surface area contributed by atoms with Crippen molar-refractivity contribution in [2.24, 2.45) is 0 Å². The van der Waals surface area contributed by atoms with Gasteiger partial charge in [-0.1, -0.05) is 17.7 Å². The lowest BCUT2D eigenvalue weighted by Gasteiger charge is -2.24. The van der Waals surface area contributed by atoms with Crippen LogP contribution in [0, 0.1) is 17.1 Å². The van der Waals surface area contributed by atoms with Crippen molar-refractivity contribution in [3.63, 3.8) is 0 Å². The summed E-state index contributed by atoms with van der Waals surface area (Å²) in [6.07, 6.45) is 0. The molecule has 0 saturated heterocycles. The molecule has 16 heavy (non-hydrogen) atoms.